The lowest BCUT2D eigenvalue weighted by Crippen LogP contribution is -2.08. The number of unbranched alkanes of at least 4 members (excludes halogenated alkanes) is 1. The minimum atomic E-state index is -0.386. The summed E-state index contributed by atoms with van der Waals surface area (Å²) in [5.41, 5.74) is 10.00. The topological polar surface area (TPSA) is 83.0 Å². The number of aromatic nitrogens is 3. The van der Waals surface area contributed by atoms with E-state index in [9.17, 15) is 4.79 Å². The zero-order chi connectivity index (χ0) is 18.5. The maximum absolute atomic E-state index is 11.8. The van der Waals surface area contributed by atoms with Gasteiger partial charge < -0.3 is 15.0 Å². The summed E-state index contributed by atoms with van der Waals surface area (Å²) < 4.78 is 6.96. The van der Waals surface area contributed by atoms with Gasteiger partial charge in [0.1, 0.15) is 0 Å². The van der Waals surface area contributed by atoms with Crippen molar-refractivity contribution >= 4 is 29.3 Å². The minimum absolute atomic E-state index is 0. The number of fused-ring (bicyclic) bond motifs is 1. The second-order valence-electron chi connectivity index (χ2n) is 6.25. The van der Waals surface area contributed by atoms with E-state index in [4.69, 9.17) is 10.5 Å². The van der Waals surface area contributed by atoms with Gasteiger partial charge >= 0.3 is 5.97 Å². The summed E-state index contributed by atoms with van der Waals surface area (Å²) in [4.78, 5) is 20.7. The number of carbonyl (C=O) groups excluding carboxylic acids is 1. The fraction of sp³-hybridized carbons (Fsp3) is 0.350. The summed E-state index contributed by atoms with van der Waals surface area (Å²) >= 11 is 0. The molecule has 0 radical (unpaired) electrons. The summed E-state index contributed by atoms with van der Waals surface area (Å²) in [7, 11) is 1.37. The number of carbonyl (C=O) groups is 1. The van der Waals surface area contributed by atoms with E-state index in [0.29, 0.717) is 17.8 Å². The number of aryl methyl sites for hydroxylation is 1. The van der Waals surface area contributed by atoms with Crippen LogP contribution >= 0.6 is 12.4 Å². The largest absolute Gasteiger partial charge is 0.465 e. The van der Waals surface area contributed by atoms with Crippen molar-refractivity contribution in [2.45, 2.75) is 32.7 Å². The van der Waals surface area contributed by atoms with Gasteiger partial charge in [0.15, 0.2) is 0 Å². The SMILES string of the molecule is CCCCc1cn(CCN)c2cc(-c3cc(C(=O)OC)ccn3)ncc12.Cl. The maximum atomic E-state index is 11.8. The molecule has 0 aliphatic rings. The molecule has 0 atom stereocenters. The molecular formula is C20H25ClN4O2. The summed E-state index contributed by atoms with van der Waals surface area (Å²) in [6.45, 7) is 3.52. The van der Waals surface area contributed by atoms with Crippen LogP contribution in [0.5, 0.6) is 0 Å². The summed E-state index contributed by atoms with van der Waals surface area (Å²) in [5, 5.41) is 1.15. The Labute approximate surface area is 165 Å². The van der Waals surface area contributed by atoms with Crippen LogP contribution in [0.2, 0.25) is 0 Å². The molecule has 0 aromatic carbocycles. The Morgan fingerprint density at radius 1 is 1.26 bits per heavy atom. The molecule has 6 nitrogen and oxygen atoms in total. The van der Waals surface area contributed by atoms with E-state index in [-0.39, 0.29) is 18.4 Å². The van der Waals surface area contributed by atoms with Crippen LogP contribution in [-0.4, -0.2) is 34.2 Å². The third kappa shape index (κ3) is 4.46. The number of hydrogen-bond acceptors (Lipinski definition) is 5. The average molecular weight is 389 g/mol. The minimum Gasteiger partial charge on any atom is -0.465 e. The fourth-order valence-corrected chi connectivity index (χ4v) is 3.10. The van der Waals surface area contributed by atoms with Gasteiger partial charge in [0.25, 0.3) is 0 Å². The standard InChI is InChI=1S/C20H24N4O2.ClH/c1-3-4-5-15-13-24(9-7-21)19-11-18(23-12-16(15)19)17-10-14(6-8-22-17)20(25)26-2;/h6,8,10-13H,3-5,7,9,21H2,1-2H3;1H. The molecule has 0 aliphatic heterocycles. The van der Waals surface area contributed by atoms with Crippen molar-refractivity contribution in [1.29, 1.82) is 0 Å². The van der Waals surface area contributed by atoms with Gasteiger partial charge in [-0.25, -0.2) is 4.79 Å². The molecule has 7 heteroatoms. The molecule has 2 N–H and O–H groups in total. The Morgan fingerprint density at radius 2 is 2.04 bits per heavy atom. The normalized spacial score (nSPS) is 10.6. The molecule has 0 aliphatic carbocycles. The summed E-state index contributed by atoms with van der Waals surface area (Å²) in [6.07, 6.45) is 9.00. The van der Waals surface area contributed by atoms with Crippen molar-refractivity contribution in [2.75, 3.05) is 13.7 Å². The molecule has 27 heavy (non-hydrogen) atoms. The summed E-state index contributed by atoms with van der Waals surface area (Å²) in [5.74, 6) is -0.386. The van der Waals surface area contributed by atoms with Crippen LogP contribution in [0.4, 0.5) is 0 Å². The maximum Gasteiger partial charge on any atom is 0.337 e. The number of nitrogens with two attached hydrogens (primary N) is 1. The molecule has 0 bridgehead atoms. The molecule has 3 rings (SSSR count). The van der Waals surface area contributed by atoms with Crippen molar-refractivity contribution < 1.29 is 9.53 Å². The molecule has 0 spiro atoms. The van der Waals surface area contributed by atoms with Gasteiger partial charge in [0.05, 0.1) is 29.6 Å². The number of rotatable bonds is 7. The molecule has 0 amide bonds. The molecule has 0 fully saturated rings. The monoisotopic (exact) mass is 388 g/mol. The summed E-state index contributed by atoms with van der Waals surface area (Å²) in [6, 6.07) is 5.35. The number of pyridine rings is 2. The number of halogens is 1. The molecule has 3 aromatic rings. The fourth-order valence-electron chi connectivity index (χ4n) is 3.10. The molecule has 0 unspecified atom stereocenters. The van der Waals surface area contributed by atoms with Gasteiger partial charge in [-0.1, -0.05) is 13.3 Å². The zero-order valence-electron chi connectivity index (χ0n) is 15.6. The molecule has 3 aromatic heterocycles. The van der Waals surface area contributed by atoms with E-state index in [1.807, 2.05) is 12.3 Å². The van der Waals surface area contributed by atoms with Crippen LogP contribution in [0.1, 0.15) is 35.7 Å². The Hall–Kier alpha value is -2.44. The van der Waals surface area contributed by atoms with Gasteiger partial charge in [-0.2, -0.15) is 0 Å². The van der Waals surface area contributed by atoms with Crippen molar-refractivity contribution in [2.24, 2.45) is 5.73 Å². The van der Waals surface area contributed by atoms with E-state index < -0.39 is 0 Å². The third-order valence-electron chi connectivity index (χ3n) is 4.46. The lowest BCUT2D eigenvalue weighted by molar-refractivity contribution is 0.0600. The lowest BCUT2D eigenvalue weighted by Gasteiger charge is -2.06. The first-order chi connectivity index (χ1) is 12.7. The van der Waals surface area contributed by atoms with Crippen molar-refractivity contribution in [3.8, 4) is 11.4 Å². The molecule has 3 heterocycles. The highest BCUT2D eigenvalue weighted by molar-refractivity contribution is 5.91. The predicted molar refractivity (Wildman–Crippen MR) is 109 cm³/mol. The van der Waals surface area contributed by atoms with Gasteiger partial charge in [-0.15, -0.1) is 12.4 Å². The highest BCUT2D eigenvalue weighted by Gasteiger charge is 2.13. The second kappa shape index (κ2) is 9.48. The van der Waals surface area contributed by atoms with Gasteiger partial charge in [-0.3, -0.25) is 9.97 Å². The third-order valence-corrected chi connectivity index (χ3v) is 4.46. The van der Waals surface area contributed by atoms with Crippen LogP contribution in [0.25, 0.3) is 22.3 Å². The van der Waals surface area contributed by atoms with Crippen LogP contribution in [0.3, 0.4) is 0 Å². The Bertz CT molecular complexity index is 923. The first-order valence-electron chi connectivity index (χ1n) is 8.90. The van der Waals surface area contributed by atoms with E-state index in [1.54, 1.807) is 18.3 Å². The molecule has 0 saturated carbocycles. The lowest BCUT2D eigenvalue weighted by atomic mass is 10.1. The Morgan fingerprint density at radius 3 is 2.74 bits per heavy atom. The van der Waals surface area contributed by atoms with Crippen molar-refractivity contribution in [3.05, 3.63) is 47.9 Å². The number of hydrogen-bond donors (Lipinski definition) is 1. The van der Waals surface area contributed by atoms with E-state index in [2.05, 4.69) is 27.7 Å². The first-order valence-corrected chi connectivity index (χ1v) is 8.90. The Balaban J connectivity index is 0.00000261. The van der Waals surface area contributed by atoms with Crippen LogP contribution < -0.4 is 5.73 Å². The Kier molecular flexibility index (Phi) is 7.33. The quantitative estimate of drug-likeness (QED) is 0.625. The van der Waals surface area contributed by atoms with Crippen LogP contribution in [-0.2, 0) is 17.7 Å². The second-order valence-corrected chi connectivity index (χ2v) is 6.25. The number of ether oxygens (including phenoxy) is 1. The van der Waals surface area contributed by atoms with Gasteiger partial charge in [0.2, 0.25) is 0 Å². The molecular weight excluding hydrogens is 364 g/mol. The van der Waals surface area contributed by atoms with Crippen molar-refractivity contribution in [3.63, 3.8) is 0 Å². The van der Waals surface area contributed by atoms with Crippen LogP contribution in [0, 0.1) is 0 Å². The first kappa shape index (κ1) is 20.9. The number of methoxy groups -OCH3 is 1. The number of esters is 1. The zero-order valence-corrected chi connectivity index (χ0v) is 16.5. The molecule has 144 valence electrons. The highest BCUT2D eigenvalue weighted by atomic mass is 35.5. The van der Waals surface area contributed by atoms with E-state index in [1.165, 1.54) is 12.7 Å². The number of nitrogens with zero attached hydrogens (tertiary/aromatic N) is 3. The van der Waals surface area contributed by atoms with Crippen molar-refractivity contribution in [1.82, 2.24) is 14.5 Å². The van der Waals surface area contributed by atoms with Crippen LogP contribution in [0.15, 0.2) is 36.8 Å². The average Bonchev–Trinajstić information content (AvgIpc) is 3.03. The highest BCUT2D eigenvalue weighted by Crippen LogP contribution is 2.26. The van der Waals surface area contributed by atoms with Gasteiger partial charge in [-0.05, 0) is 36.6 Å². The van der Waals surface area contributed by atoms with Gasteiger partial charge in [0, 0.05) is 37.1 Å². The smallest absolute Gasteiger partial charge is 0.337 e. The van der Waals surface area contributed by atoms with E-state index >= 15 is 0 Å². The predicted octanol–water partition coefficient (Wildman–Crippen LogP) is 3.61. The van der Waals surface area contributed by atoms with E-state index in [0.717, 1.165) is 42.4 Å². The molecule has 0 saturated heterocycles.